The number of rotatable bonds is 1. The van der Waals surface area contributed by atoms with E-state index in [-0.39, 0.29) is 0 Å². The lowest BCUT2D eigenvalue weighted by Crippen LogP contribution is -1.47. The molecule has 0 bridgehead atoms. The maximum Gasteiger partial charge on any atom is 0.314 e. The summed E-state index contributed by atoms with van der Waals surface area (Å²) in [6.07, 6.45) is 2.64. The lowest BCUT2D eigenvalue weighted by molar-refractivity contribution is 0.405. The highest BCUT2D eigenvalue weighted by molar-refractivity contribution is 7.30. The molecule has 3 nitrogen and oxygen atoms in total. The van der Waals surface area contributed by atoms with Crippen LogP contribution in [0.5, 0.6) is 0 Å². The van der Waals surface area contributed by atoms with E-state index in [2.05, 4.69) is 13.8 Å². The third-order valence-corrected chi connectivity index (χ3v) is 0.500. The van der Waals surface area contributed by atoms with Crippen molar-refractivity contribution < 1.29 is 14.4 Å². The van der Waals surface area contributed by atoms with Crippen molar-refractivity contribution in [1.29, 1.82) is 0 Å². The lowest BCUT2D eigenvalue weighted by Gasteiger charge is -1.68. The van der Waals surface area contributed by atoms with Gasteiger partial charge in [0.25, 0.3) is 0 Å². The summed E-state index contributed by atoms with van der Waals surface area (Å²) in [6, 6.07) is 0. The summed E-state index contributed by atoms with van der Waals surface area (Å²) in [4.78, 5) is 14.3. The molecule has 0 aliphatic carbocycles. The molecule has 0 amide bonds. The van der Waals surface area contributed by atoms with E-state index >= 15 is 0 Å². The predicted octanol–water partition coefficient (Wildman–Crippen LogP) is 1.17. The summed E-state index contributed by atoms with van der Waals surface area (Å²) in [7, 11) is -3.13. The molecule has 0 aromatic carbocycles. The van der Waals surface area contributed by atoms with Crippen LogP contribution in [0.15, 0.2) is 0 Å². The fourth-order valence-corrected chi connectivity index (χ4v) is 0. The SMILES string of the molecule is CCCC.O=[PH](O)O. The van der Waals surface area contributed by atoms with Crippen molar-refractivity contribution in [2.75, 3.05) is 0 Å². The molecule has 4 heteroatoms. The molecule has 52 valence electrons. The Kier molecular flexibility index (Phi) is 14.0. The minimum atomic E-state index is -3.13. The maximum atomic E-state index is 8.74. The molecule has 0 aliphatic rings. The van der Waals surface area contributed by atoms with Gasteiger partial charge in [0.15, 0.2) is 0 Å². The zero-order chi connectivity index (χ0) is 6.99. The Bertz CT molecular complexity index is 49.2. The van der Waals surface area contributed by atoms with Gasteiger partial charge in [-0.05, 0) is 0 Å². The Hall–Kier alpha value is 0.150. The normalized spacial score (nSPS) is 8.12. The summed E-state index contributed by atoms with van der Waals surface area (Å²) in [5, 5.41) is 0. The average Bonchev–Trinajstić information content (AvgIpc) is 1.65. The van der Waals surface area contributed by atoms with Crippen LogP contribution in [0.4, 0.5) is 0 Å². The molecule has 0 heterocycles. The van der Waals surface area contributed by atoms with Gasteiger partial charge in [0.05, 0.1) is 0 Å². The van der Waals surface area contributed by atoms with E-state index in [0.717, 1.165) is 0 Å². The van der Waals surface area contributed by atoms with Crippen LogP contribution in [0.2, 0.25) is 0 Å². The van der Waals surface area contributed by atoms with Gasteiger partial charge in [-0.25, -0.2) is 0 Å². The summed E-state index contributed by atoms with van der Waals surface area (Å²) in [5.41, 5.74) is 0. The Labute approximate surface area is 50.3 Å². The monoisotopic (exact) mass is 140 g/mol. The second kappa shape index (κ2) is 10.2. The van der Waals surface area contributed by atoms with Gasteiger partial charge in [0, 0.05) is 0 Å². The summed E-state index contributed by atoms with van der Waals surface area (Å²) in [6.45, 7) is 4.36. The van der Waals surface area contributed by atoms with E-state index in [4.69, 9.17) is 14.4 Å². The minimum absolute atomic E-state index is 1.32. The Morgan fingerprint density at radius 2 is 1.38 bits per heavy atom. The van der Waals surface area contributed by atoms with E-state index in [0.29, 0.717) is 0 Å². The molecular weight excluding hydrogens is 127 g/mol. The average molecular weight is 140 g/mol. The van der Waals surface area contributed by atoms with E-state index < -0.39 is 8.25 Å². The molecule has 0 rings (SSSR count). The molecule has 0 aliphatic heterocycles. The molecule has 0 saturated carbocycles. The van der Waals surface area contributed by atoms with E-state index in [9.17, 15) is 0 Å². The summed E-state index contributed by atoms with van der Waals surface area (Å²) >= 11 is 0. The Morgan fingerprint density at radius 3 is 1.38 bits per heavy atom. The van der Waals surface area contributed by atoms with Crippen LogP contribution in [0.25, 0.3) is 0 Å². The van der Waals surface area contributed by atoms with Crippen LogP contribution in [-0.4, -0.2) is 9.79 Å². The molecule has 0 atom stereocenters. The van der Waals surface area contributed by atoms with Crippen LogP contribution >= 0.6 is 8.25 Å². The number of unbranched alkanes of at least 4 members (excludes halogenated alkanes) is 1. The lowest BCUT2D eigenvalue weighted by atomic mass is 10.4. The van der Waals surface area contributed by atoms with E-state index in [1.54, 1.807) is 0 Å². The zero-order valence-corrected chi connectivity index (χ0v) is 6.22. The van der Waals surface area contributed by atoms with E-state index in [1.807, 2.05) is 0 Å². The first-order valence-electron chi connectivity index (χ1n) is 2.57. The van der Waals surface area contributed by atoms with Crippen LogP contribution in [-0.2, 0) is 4.57 Å². The third kappa shape index (κ3) is 123. The standard InChI is InChI=1S/C4H10.H3O3P/c1-3-4-2;1-4(2)3/h3-4H2,1-2H3;4H,(H2,1,2,3). The fraction of sp³-hybridized carbons (Fsp3) is 1.00. The quantitative estimate of drug-likeness (QED) is 0.537. The molecular formula is C4H13O3P. The zero-order valence-electron chi connectivity index (χ0n) is 5.22. The molecule has 0 fully saturated rings. The van der Waals surface area contributed by atoms with Crippen LogP contribution in [0.1, 0.15) is 26.7 Å². The van der Waals surface area contributed by atoms with Gasteiger partial charge >= 0.3 is 8.25 Å². The molecule has 0 spiro atoms. The number of hydrogen-bond donors (Lipinski definition) is 2. The smallest absolute Gasteiger partial charge is 0.314 e. The highest BCUT2D eigenvalue weighted by Crippen LogP contribution is 1.98. The highest BCUT2D eigenvalue weighted by Gasteiger charge is 1.61. The van der Waals surface area contributed by atoms with Crippen LogP contribution in [0.3, 0.4) is 0 Å². The minimum Gasteiger partial charge on any atom is -0.326 e. The van der Waals surface area contributed by atoms with Crippen molar-refractivity contribution in [1.82, 2.24) is 0 Å². The van der Waals surface area contributed by atoms with E-state index in [1.165, 1.54) is 12.8 Å². The van der Waals surface area contributed by atoms with Crippen molar-refractivity contribution in [2.24, 2.45) is 0 Å². The highest BCUT2D eigenvalue weighted by atomic mass is 31.1. The predicted molar refractivity (Wildman–Crippen MR) is 34.0 cm³/mol. The van der Waals surface area contributed by atoms with Crippen LogP contribution in [0, 0.1) is 0 Å². The first-order valence-corrected chi connectivity index (χ1v) is 3.87. The molecule has 0 saturated heterocycles. The Morgan fingerprint density at radius 1 is 1.25 bits per heavy atom. The number of hydrogen-bond acceptors (Lipinski definition) is 1. The Balaban J connectivity index is 0. The van der Waals surface area contributed by atoms with Crippen molar-refractivity contribution in [3.8, 4) is 0 Å². The van der Waals surface area contributed by atoms with Gasteiger partial charge in [-0.1, -0.05) is 26.7 Å². The van der Waals surface area contributed by atoms with Crippen molar-refractivity contribution in [3.05, 3.63) is 0 Å². The topological polar surface area (TPSA) is 57.5 Å². The van der Waals surface area contributed by atoms with Gasteiger partial charge < -0.3 is 9.79 Å². The van der Waals surface area contributed by atoms with Gasteiger partial charge in [-0.2, -0.15) is 0 Å². The van der Waals surface area contributed by atoms with Gasteiger partial charge in [0.2, 0.25) is 0 Å². The van der Waals surface area contributed by atoms with Crippen LogP contribution < -0.4 is 0 Å². The second-order valence-corrected chi connectivity index (χ2v) is 1.85. The third-order valence-electron chi connectivity index (χ3n) is 0.500. The first kappa shape index (κ1) is 11.0. The summed E-state index contributed by atoms with van der Waals surface area (Å²) < 4.78 is 8.74. The largest absolute Gasteiger partial charge is 0.326 e. The fourth-order valence-electron chi connectivity index (χ4n) is 0. The molecule has 8 heavy (non-hydrogen) atoms. The van der Waals surface area contributed by atoms with Crippen molar-refractivity contribution >= 4 is 8.25 Å². The second-order valence-electron chi connectivity index (χ2n) is 1.28. The van der Waals surface area contributed by atoms with Gasteiger partial charge in [-0.3, -0.25) is 4.57 Å². The van der Waals surface area contributed by atoms with Gasteiger partial charge in [0.1, 0.15) is 0 Å². The molecule has 0 unspecified atom stereocenters. The molecule has 0 aromatic heterocycles. The molecule has 2 N–H and O–H groups in total. The molecule has 0 aromatic rings. The first-order chi connectivity index (χ1) is 3.65. The summed E-state index contributed by atoms with van der Waals surface area (Å²) in [5.74, 6) is 0. The van der Waals surface area contributed by atoms with Crippen molar-refractivity contribution in [2.45, 2.75) is 26.7 Å². The maximum absolute atomic E-state index is 8.74. The van der Waals surface area contributed by atoms with Gasteiger partial charge in [-0.15, -0.1) is 0 Å². The van der Waals surface area contributed by atoms with Crippen molar-refractivity contribution in [3.63, 3.8) is 0 Å². The molecule has 0 radical (unpaired) electrons.